The van der Waals surface area contributed by atoms with Gasteiger partial charge in [-0.25, -0.2) is 17.9 Å². The summed E-state index contributed by atoms with van der Waals surface area (Å²) in [6.45, 7) is 8.58. The van der Waals surface area contributed by atoms with Gasteiger partial charge in [0.25, 0.3) is 0 Å². The molecule has 0 aromatic heterocycles. The average Bonchev–Trinajstić information content (AvgIpc) is 3.45. The Balaban J connectivity index is 1.54. The van der Waals surface area contributed by atoms with Gasteiger partial charge in [0, 0.05) is 26.2 Å². The number of ether oxygens (including phenoxy) is 1. The Morgan fingerprint density at radius 2 is 1.72 bits per heavy atom. The lowest BCUT2D eigenvalue weighted by Crippen LogP contribution is -2.57. The third-order valence-electron chi connectivity index (χ3n) is 9.10. The Morgan fingerprint density at radius 1 is 1.00 bits per heavy atom. The first-order chi connectivity index (χ1) is 23.9. The second kappa shape index (κ2) is 17.5. The molecule has 11 nitrogen and oxygen atoms in total. The molecule has 50 heavy (non-hydrogen) atoms. The summed E-state index contributed by atoms with van der Waals surface area (Å²) < 4.78 is 35.0. The van der Waals surface area contributed by atoms with Crippen molar-refractivity contribution < 1.29 is 27.9 Å². The molecule has 3 aromatic carbocycles. The smallest absolute Gasteiger partial charge is 0.321 e. The number of urea groups is 1. The molecule has 12 heteroatoms. The van der Waals surface area contributed by atoms with E-state index in [0.29, 0.717) is 49.4 Å². The molecular weight excluding hydrogens is 655 g/mol. The van der Waals surface area contributed by atoms with Crippen molar-refractivity contribution in [3.8, 4) is 11.8 Å². The van der Waals surface area contributed by atoms with Gasteiger partial charge in [-0.05, 0) is 71.7 Å². The predicted molar refractivity (Wildman–Crippen MR) is 192 cm³/mol. The maximum absolute atomic E-state index is 14.1. The highest BCUT2D eigenvalue weighted by molar-refractivity contribution is 7.89. The van der Waals surface area contributed by atoms with Gasteiger partial charge < -0.3 is 25.0 Å². The zero-order valence-electron chi connectivity index (χ0n) is 29.5. The van der Waals surface area contributed by atoms with Crippen molar-refractivity contribution in [1.82, 2.24) is 19.8 Å². The van der Waals surface area contributed by atoms with E-state index in [1.54, 1.807) is 40.1 Å². The normalized spacial score (nSPS) is 15.8. The third-order valence-corrected chi connectivity index (χ3v) is 10.6. The van der Waals surface area contributed by atoms with E-state index in [1.165, 1.54) is 13.2 Å². The van der Waals surface area contributed by atoms with Crippen LogP contribution in [0.3, 0.4) is 0 Å². The van der Waals surface area contributed by atoms with Crippen molar-refractivity contribution in [2.24, 2.45) is 11.8 Å². The number of carbonyl (C=O) groups excluding carboxylic acids is 2. The molecule has 0 spiro atoms. The highest BCUT2D eigenvalue weighted by Gasteiger charge is 2.40. The molecule has 0 saturated carbocycles. The van der Waals surface area contributed by atoms with Crippen molar-refractivity contribution in [3.05, 3.63) is 95.1 Å². The van der Waals surface area contributed by atoms with E-state index < -0.39 is 34.1 Å². The average molecular weight is 704 g/mol. The number of hydrogen-bond donors (Lipinski definition) is 3. The largest absolute Gasteiger partial charge is 0.497 e. The minimum absolute atomic E-state index is 0.108. The monoisotopic (exact) mass is 703 g/mol. The van der Waals surface area contributed by atoms with E-state index in [1.807, 2.05) is 64.1 Å². The van der Waals surface area contributed by atoms with Crippen LogP contribution in [0.1, 0.15) is 56.4 Å². The fourth-order valence-corrected chi connectivity index (χ4v) is 7.56. The number of amides is 3. The van der Waals surface area contributed by atoms with Crippen LogP contribution in [-0.4, -0.2) is 80.2 Å². The molecule has 4 rings (SSSR count). The Kier molecular flexibility index (Phi) is 13.4. The maximum Gasteiger partial charge on any atom is 0.321 e. The van der Waals surface area contributed by atoms with Gasteiger partial charge in [0.2, 0.25) is 15.9 Å². The highest BCUT2D eigenvalue weighted by atomic mass is 32.2. The first kappa shape index (κ1) is 38.4. The summed E-state index contributed by atoms with van der Waals surface area (Å²) in [5.74, 6) is 0.116. The number of nitrogens with one attached hydrogen (secondary N) is 2. The van der Waals surface area contributed by atoms with Gasteiger partial charge in [-0.2, -0.15) is 5.26 Å². The van der Waals surface area contributed by atoms with Gasteiger partial charge >= 0.3 is 6.03 Å². The zero-order chi connectivity index (χ0) is 36.4. The standard InChI is InChI=1S/C38H49N5O6S/c1-6-27(4)36(43-18-17-42(38(43)46)25-30-14-10-13-29(20-30)23-39)37(45)41-33(21-28-11-8-7-9-12-28)34(44)24-40-50(47,48)35-16-15-32(49-5)22-31(35)19-26(2)3/h7-16,20,22,26-27,33-34,36,40,44H,6,17-19,21,24-25H2,1-5H3,(H,41,45)/t27-,33-,34+,36-/m0/s1. The fourth-order valence-electron chi connectivity index (χ4n) is 6.27. The van der Waals surface area contributed by atoms with Crippen molar-refractivity contribution in [3.63, 3.8) is 0 Å². The SMILES string of the molecule is CC[C@H](C)[C@@H](C(=O)N[C@@H](Cc1ccccc1)[C@H](O)CNS(=O)(=O)c1ccc(OC)cc1CC(C)C)N1CCN(Cc2cccc(C#N)c2)C1=O. The lowest BCUT2D eigenvalue weighted by atomic mass is 9.95. The summed E-state index contributed by atoms with van der Waals surface area (Å²) in [6.07, 6.45) is 0.0762. The molecule has 268 valence electrons. The van der Waals surface area contributed by atoms with E-state index in [9.17, 15) is 28.4 Å². The molecule has 0 radical (unpaired) electrons. The second-order valence-electron chi connectivity index (χ2n) is 13.3. The van der Waals surface area contributed by atoms with Gasteiger partial charge in [0.15, 0.2) is 0 Å². The summed E-state index contributed by atoms with van der Waals surface area (Å²) >= 11 is 0. The lowest BCUT2D eigenvalue weighted by Gasteiger charge is -2.33. The molecule has 1 aliphatic heterocycles. The van der Waals surface area contributed by atoms with E-state index >= 15 is 0 Å². The summed E-state index contributed by atoms with van der Waals surface area (Å²) in [7, 11) is -2.51. The van der Waals surface area contributed by atoms with Crippen LogP contribution < -0.4 is 14.8 Å². The quantitative estimate of drug-likeness (QED) is 0.188. The molecule has 3 N–H and O–H groups in total. The molecule has 0 bridgehead atoms. The number of rotatable bonds is 17. The van der Waals surface area contributed by atoms with Crippen LogP contribution in [0.15, 0.2) is 77.7 Å². The minimum Gasteiger partial charge on any atom is -0.497 e. The van der Waals surface area contributed by atoms with Crippen molar-refractivity contribution in [2.45, 2.75) is 76.6 Å². The number of nitriles is 1. The Morgan fingerprint density at radius 3 is 2.38 bits per heavy atom. The van der Waals surface area contributed by atoms with Crippen LogP contribution in [0.4, 0.5) is 4.79 Å². The van der Waals surface area contributed by atoms with Crippen LogP contribution >= 0.6 is 0 Å². The van der Waals surface area contributed by atoms with Crippen LogP contribution in [0.2, 0.25) is 0 Å². The number of benzene rings is 3. The number of carbonyl (C=O) groups is 2. The molecule has 4 atom stereocenters. The summed E-state index contributed by atoms with van der Waals surface area (Å²) in [5, 5.41) is 23.8. The molecule has 1 fully saturated rings. The number of aliphatic hydroxyl groups excluding tert-OH is 1. The summed E-state index contributed by atoms with van der Waals surface area (Å²) in [5.41, 5.74) is 2.78. The van der Waals surface area contributed by atoms with E-state index in [0.717, 1.165) is 11.1 Å². The number of hydrogen-bond acceptors (Lipinski definition) is 7. The van der Waals surface area contributed by atoms with Gasteiger partial charge in [0.1, 0.15) is 11.8 Å². The van der Waals surface area contributed by atoms with Gasteiger partial charge in [-0.3, -0.25) is 4.79 Å². The maximum atomic E-state index is 14.1. The van der Waals surface area contributed by atoms with Gasteiger partial charge in [-0.1, -0.05) is 76.6 Å². The molecular formula is C38H49N5O6S. The number of aliphatic hydroxyl groups is 1. The van der Waals surface area contributed by atoms with Crippen molar-refractivity contribution >= 4 is 22.0 Å². The van der Waals surface area contributed by atoms with Crippen molar-refractivity contribution in [1.29, 1.82) is 5.26 Å². The second-order valence-corrected chi connectivity index (χ2v) is 15.1. The third kappa shape index (κ3) is 9.84. The first-order valence-corrected chi connectivity index (χ1v) is 18.6. The van der Waals surface area contributed by atoms with E-state index in [-0.39, 0.29) is 35.7 Å². The van der Waals surface area contributed by atoms with Gasteiger partial charge in [0.05, 0.1) is 35.8 Å². The van der Waals surface area contributed by atoms with E-state index in [2.05, 4.69) is 16.1 Å². The lowest BCUT2D eigenvalue weighted by molar-refractivity contribution is -0.128. The Labute approximate surface area is 296 Å². The molecule has 1 saturated heterocycles. The van der Waals surface area contributed by atoms with Gasteiger partial charge in [-0.15, -0.1) is 0 Å². The molecule has 3 amide bonds. The number of nitrogens with zero attached hydrogens (tertiary/aromatic N) is 3. The highest BCUT2D eigenvalue weighted by Crippen LogP contribution is 2.26. The predicted octanol–water partition coefficient (Wildman–Crippen LogP) is 4.48. The topological polar surface area (TPSA) is 152 Å². The minimum atomic E-state index is -4.04. The molecule has 0 aliphatic carbocycles. The molecule has 0 unspecified atom stereocenters. The fraction of sp³-hybridized carbons (Fsp3) is 0.447. The van der Waals surface area contributed by atoms with Crippen LogP contribution in [0.25, 0.3) is 0 Å². The van der Waals surface area contributed by atoms with Crippen LogP contribution in [0.5, 0.6) is 5.75 Å². The molecule has 1 heterocycles. The van der Waals surface area contributed by atoms with Crippen molar-refractivity contribution in [2.75, 3.05) is 26.7 Å². The van der Waals surface area contributed by atoms with Crippen LogP contribution in [0, 0.1) is 23.2 Å². The van der Waals surface area contributed by atoms with E-state index in [4.69, 9.17) is 4.74 Å². The number of sulfonamides is 1. The molecule has 3 aromatic rings. The first-order valence-electron chi connectivity index (χ1n) is 17.1. The summed E-state index contributed by atoms with van der Waals surface area (Å²) in [4.78, 5) is 31.2. The summed E-state index contributed by atoms with van der Waals surface area (Å²) in [6, 6.07) is 21.4. The number of methoxy groups -OCH3 is 1. The Hall–Kier alpha value is -4.44. The Bertz CT molecular complexity index is 1760. The molecule has 1 aliphatic rings. The van der Waals surface area contributed by atoms with Crippen LogP contribution in [-0.2, 0) is 34.2 Å². The zero-order valence-corrected chi connectivity index (χ0v) is 30.3.